The number of hydrogen-bond donors (Lipinski definition) is 2. The second kappa shape index (κ2) is 11.3. The lowest BCUT2D eigenvalue weighted by molar-refractivity contribution is 0.145. The molecule has 2 aromatic rings. The lowest BCUT2D eigenvalue weighted by Gasteiger charge is -2.11. The number of hydrogen-bond acceptors (Lipinski definition) is 3. The summed E-state index contributed by atoms with van der Waals surface area (Å²) in [6, 6.07) is 10.2. The summed E-state index contributed by atoms with van der Waals surface area (Å²) < 4.78 is 7.29. The standard InChI is InChI=1S/C20H31N5O/c1-4-26-15-9-14-23-20(21-3)22-13-8-10-18-16-25(24-17(18)2)19-11-6-5-7-12-19/h5-7,11-12,16H,4,8-10,13-15H2,1-3H3,(H2,21,22,23). The van der Waals surface area contributed by atoms with Crippen LogP contribution < -0.4 is 10.6 Å². The third-order valence-corrected chi connectivity index (χ3v) is 4.12. The van der Waals surface area contributed by atoms with Crippen LogP contribution in [-0.4, -0.2) is 49.1 Å². The van der Waals surface area contributed by atoms with E-state index in [0.29, 0.717) is 0 Å². The maximum absolute atomic E-state index is 5.33. The van der Waals surface area contributed by atoms with Gasteiger partial charge in [-0.25, -0.2) is 4.68 Å². The second-order valence-electron chi connectivity index (χ2n) is 6.10. The molecule has 6 heteroatoms. The molecule has 0 aliphatic heterocycles. The molecule has 0 amide bonds. The highest BCUT2D eigenvalue weighted by atomic mass is 16.5. The molecule has 0 saturated carbocycles. The summed E-state index contributed by atoms with van der Waals surface area (Å²) in [6.07, 6.45) is 5.13. The van der Waals surface area contributed by atoms with Gasteiger partial charge in [0.1, 0.15) is 0 Å². The first-order valence-corrected chi connectivity index (χ1v) is 9.37. The fraction of sp³-hybridized carbons (Fsp3) is 0.500. The fourth-order valence-electron chi connectivity index (χ4n) is 2.69. The minimum absolute atomic E-state index is 0.771. The van der Waals surface area contributed by atoms with E-state index in [0.717, 1.165) is 62.9 Å². The molecule has 6 nitrogen and oxygen atoms in total. The number of benzene rings is 1. The predicted octanol–water partition coefficient (Wildman–Crippen LogP) is 2.70. The number of ether oxygens (including phenoxy) is 1. The Hall–Kier alpha value is -2.34. The van der Waals surface area contributed by atoms with Gasteiger partial charge in [0.15, 0.2) is 5.96 Å². The molecular weight excluding hydrogens is 326 g/mol. The van der Waals surface area contributed by atoms with Gasteiger partial charge in [-0.3, -0.25) is 4.99 Å². The Morgan fingerprint density at radius 2 is 1.88 bits per heavy atom. The van der Waals surface area contributed by atoms with Gasteiger partial charge in [-0.05, 0) is 50.8 Å². The van der Waals surface area contributed by atoms with Crippen LogP contribution in [0.25, 0.3) is 5.69 Å². The zero-order chi connectivity index (χ0) is 18.6. The molecule has 0 bridgehead atoms. The first-order valence-electron chi connectivity index (χ1n) is 9.37. The van der Waals surface area contributed by atoms with Crippen molar-refractivity contribution < 1.29 is 4.74 Å². The Bertz CT molecular complexity index is 666. The number of nitrogens with one attached hydrogen (secondary N) is 2. The molecular formula is C20H31N5O. The highest BCUT2D eigenvalue weighted by Crippen LogP contribution is 2.13. The van der Waals surface area contributed by atoms with Gasteiger partial charge in [-0.2, -0.15) is 5.10 Å². The first kappa shape index (κ1) is 20.0. The monoisotopic (exact) mass is 357 g/mol. The maximum atomic E-state index is 5.33. The molecule has 0 saturated heterocycles. The summed E-state index contributed by atoms with van der Waals surface area (Å²) >= 11 is 0. The fourth-order valence-corrected chi connectivity index (χ4v) is 2.69. The van der Waals surface area contributed by atoms with Crippen molar-refractivity contribution in [3.05, 3.63) is 47.8 Å². The highest BCUT2D eigenvalue weighted by molar-refractivity contribution is 5.79. The molecule has 1 aromatic carbocycles. The van der Waals surface area contributed by atoms with Crippen LogP contribution in [0.2, 0.25) is 0 Å². The molecule has 2 N–H and O–H groups in total. The van der Waals surface area contributed by atoms with Crippen LogP contribution in [0.5, 0.6) is 0 Å². The lowest BCUT2D eigenvalue weighted by Crippen LogP contribution is -2.38. The number of para-hydroxylation sites is 1. The number of rotatable bonds is 10. The predicted molar refractivity (Wildman–Crippen MR) is 107 cm³/mol. The Kier molecular flexibility index (Phi) is 8.69. The number of aromatic nitrogens is 2. The van der Waals surface area contributed by atoms with E-state index in [1.165, 1.54) is 5.56 Å². The van der Waals surface area contributed by atoms with Crippen molar-refractivity contribution in [3.8, 4) is 5.69 Å². The Morgan fingerprint density at radius 1 is 1.15 bits per heavy atom. The Balaban J connectivity index is 1.71. The van der Waals surface area contributed by atoms with E-state index in [2.05, 4.69) is 46.0 Å². The highest BCUT2D eigenvalue weighted by Gasteiger charge is 2.06. The van der Waals surface area contributed by atoms with E-state index >= 15 is 0 Å². The summed E-state index contributed by atoms with van der Waals surface area (Å²) in [5, 5.41) is 11.3. The van der Waals surface area contributed by atoms with E-state index in [1.54, 1.807) is 7.05 Å². The summed E-state index contributed by atoms with van der Waals surface area (Å²) in [4.78, 5) is 4.25. The zero-order valence-corrected chi connectivity index (χ0v) is 16.2. The molecule has 0 aliphatic carbocycles. The van der Waals surface area contributed by atoms with Gasteiger partial charge >= 0.3 is 0 Å². The number of aryl methyl sites for hydroxylation is 2. The van der Waals surface area contributed by atoms with Crippen molar-refractivity contribution in [2.75, 3.05) is 33.4 Å². The molecule has 1 aromatic heterocycles. The van der Waals surface area contributed by atoms with Crippen LogP contribution in [0, 0.1) is 6.92 Å². The molecule has 26 heavy (non-hydrogen) atoms. The SMILES string of the molecule is CCOCCCNC(=NC)NCCCc1cn(-c2ccccc2)nc1C. The quantitative estimate of drug-likeness (QED) is 0.390. The third-order valence-electron chi connectivity index (χ3n) is 4.12. The van der Waals surface area contributed by atoms with Gasteiger partial charge < -0.3 is 15.4 Å². The molecule has 0 aliphatic rings. The minimum atomic E-state index is 0.771. The van der Waals surface area contributed by atoms with Crippen LogP contribution >= 0.6 is 0 Å². The Labute approximate surface area is 156 Å². The van der Waals surface area contributed by atoms with Crippen LogP contribution in [-0.2, 0) is 11.2 Å². The third kappa shape index (κ3) is 6.52. The topological polar surface area (TPSA) is 63.5 Å². The molecule has 0 unspecified atom stereocenters. The maximum Gasteiger partial charge on any atom is 0.190 e. The van der Waals surface area contributed by atoms with Crippen molar-refractivity contribution in [3.63, 3.8) is 0 Å². The minimum Gasteiger partial charge on any atom is -0.382 e. The van der Waals surface area contributed by atoms with Crippen molar-refractivity contribution in [2.45, 2.75) is 33.1 Å². The van der Waals surface area contributed by atoms with E-state index in [9.17, 15) is 0 Å². The zero-order valence-electron chi connectivity index (χ0n) is 16.2. The van der Waals surface area contributed by atoms with E-state index in [-0.39, 0.29) is 0 Å². The normalized spacial score (nSPS) is 11.6. The first-order chi connectivity index (χ1) is 12.7. The van der Waals surface area contributed by atoms with Gasteiger partial charge in [0.2, 0.25) is 0 Å². The lowest BCUT2D eigenvalue weighted by atomic mass is 10.1. The van der Waals surface area contributed by atoms with Crippen LogP contribution in [0.1, 0.15) is 31.0 Å². The van der Waals surface area contributed by atoms with Crippen LogP contribution in [0.3, 0.4) is 0 Å². The molecule has 2 rings (SSSR count). The van der Waals surface area contributed by atoms with Gasteiger partial charge in [0.25, 0.3) is 0 Å². The summed E-state index contributed by atoms with van der Waals surface area (Å²) in [7, 11) is 1.80. The van der Waals surface area contributed by atoms with Gasteiger partial charge in [-0.15, -0.1) is 0 Å². The molecule has 0 atom stereocenters. The van der Waals surface area contributed by atoms with Gasteiger partial charge in [0.05, 0.1) is 11.4 Å². The van der Waals surface area contributed by atoms with Crippen LogP contribution in [0.15, 0.2) is 41.5 Å². The second-order valence-corrected chi connectivity index (χ2v) is 6.10. The average molecular weight is 358 g/mol. The number of aliphatic imine (C=N–C) groups is 1. The van der Waals surface area contributed by atoms with Gasteiger partial charge in [-0.1, -0.05) is 18.2 Å². The van der Waals surface area contributed by atoms with E-state index < -0.39 is 0 Å². The van der Waals surface area contributed by atoms with Crippen molar-refractivity contribution in [1.29, 1.82) is 0 Å². The Morgan fingerprint density at radius 3 is 2.58 bits per heavy atom. The largest absolute Gasteiger partial charge is 0.382 e. The average Bonchev–Trinajstić information content (AvgIpc) is 3.04. The molecule has 0 radical (unpaired) electrons. The summed E-state index contributed by atoms with van der Waals surface area (Å²) in [6.45, 7) is 7.38. The summed E-state index contributed by atoms with van der Waals surface area (Å²) in [5.74, 6) is 0.846. The van der Waals surface area contributed by atoms with Crippen LogP contribution in [0.4, 0.5) is 0 Å². The van der Waals surface area contributed by atoms with Crippen molar-refractivity contribution in [2.24, 2.45) is 4.99 Å². The van der Waals surface area contributed by atoms with Gasteiger partial charge in [0, 0.05) is 39.5 Å². The molecule has 142 valence electrons. The van der Waals surface area contributed by atoms with E-state index in [4.69, 9.17) is 4.74 Å². The van der Waals surface area contributed by atoms with E-state index in [1.807, 2.05) is 29.8 Å². The number of guanidine groups is 1. The van der Waals surface area contributed by atoms with Crippen molar-refractivity contribution in [1.82, 2.24) is 20.4 Å². The molecule has 1 heterocycles. The smallest absolute Gasteiger partial charge is 0.190 e. The number of nitrogens with zero attached hydrogens (tertiary/aromatic N) is 3. The molecule has 0 fully saturated rings. The van der Waals surface area contributed by atoms with Crippen molar-refractivity contribution >= 4 is 5.96 Å². The summed E-state index contributed by atoms with van der Waals surface area (Å²) in [5.41, 5.74) is 3.47. The molecule has 0 spiro atoms.